The maximum Gasteiger partial charge on any atom is 0.358 e. The lowest BCUT2D eigenvalue weighted by Crippen LogP contribution is -2.17. The molecule has 4 N–H and O–H groups in total. The number of aromatic nitrogens is 2. The number of nitrogens with two attached hydrogens (primary N) is 1. The summed E-state index contributed by atoms with van der Waals surface area (Å²) in [7, 11) is 0. The molecule has 21 heavy (non-hydrogen) atoms. The lowest BCUT2D eigenvalue weighted by Gasteiger charge is -2.06. The minimum absolute atomic E-state index is 0.158. The maximum atomic E-state index is 12.0. The van der Waals surface area contributed by atoms with Crippen LogP contribution in [0.25, 0.3) is 0 Å². The van der Waals surface area contributed by atoms with E-state index in [4.69, 9.17) is 10.8 Å². The van der Waals surface area contributed by atoms with Crippen LogP contribution in [0.5, 0.6) is 0 Å². The number of nitrogens with one attached hydrogen (secondary N) is 1. The standard InChI is InChI=1S/C13H10N4O4/c14-10(18)7-1-3-8(4-2-7)12(19)17-11-9(13(20)21)15-5-6-16-11/h1-6H,(H2,14,18)(H,20,21)(H,16,17,19). The molecule has 1 aromatic carbocycles. The molecule has 0 atom stereocenters. The van der Waals surface area contributed by atoms with Gasteiger partial charge in [-0.15, -0.1) is 0 Å². The average Bonchev–Trinajstić information content (AvgIpc) is 2.47. The average molecular weight is 286 g/mol. The molecule has 2 rings (SSSR count). The van der Waals surface area contributed by atoms with Crippen LogP contribution >= 0.6 is 0 Å². The van der Waals surface area contributed by atoms with Gasteiger partial charge in [0, 0.05) is 23.5 Å². The van der Waals surface area contributed by atoms with Crippen molar-refractivity contribution in [2.24, 2.45) is 5.73 Å². The summed E-state index contributed by atoms with van der Waals surface area (Å²) >= 11 is 0. The van der Waals surface area contributed by atoms with Crippen LogP contribution in [0.1, 0.15) is 31.2 Å². The number of aromatic carboxylic acids is 1. The Bertz CT molecular complexity index is 712. The molecular formula is C13H10N4O4. The van der Waals surface area contributed by atoms with Crippen molar-refractivity contribution in [2.75, 3.05) is 5.32 Å². The molecule has 0 aliphatic carbocycles. The highest BCUT2D eigenvalue weighted by Gasteiger charge is 2.16. The van der Waals surface area contributed by atoms with Crippen LogP contribution in [0.15, 0.2) is 36.7 Å². The monoisotopic (exact) mass is 286 g/mol. The molecule has 8 nitrogen and oxygen atoms in total. The maximum absolute atomic E-state index is 12.0. The molecule has 0 bridgehead atoms. The normalized spacial score (nSPS) is 9.90. The quantitative estimate of drug-likeness (QED) is 0.750. The Labute approximate surface area is 118 Å². The number of amides is 2. The molecule has 0 fully saturated rings. The highest BCUT2D eigenvalue weighted by atomic mass is 16.4. The number of carbonyl (C=O) groups is 3. The minimum Gasteiger partial charge on any atom is -0.476 e. The van der Waals surface area contributed by atoms with Crippen LogP contribution < -0.4 is 11.1 Å². The molecule has 0 saturated carbocycles. The Kier molecular flexibility index (Phi) is 3.89. The molecule has 2 amide bonds. The van der Waals surface area contributed by atoms with Crippen molar-refractivity contribution in [1.82, 2.24) is 9.97 Å². The Balaban J connectivity index is 2.22. The number of nitrogens with zero attached hydrogens (tertiary/aromatic N) is 2. The summed E-state index contributed by atoms with van der Waals surface area (Å²) in [5.41, 5.74) is 5.22. The second kappa shape index (κ2) is 5.78. The fourth-order valence-electron chi connectivity index (χ4n) is 1.55. The highest BCUT2D eigenvalue weighted by Crippen LogP contribution is 2.11. The molecule has 0 aliphatic rings. The summed E-state index contributed by atoms with van der Waals surface area (Å²) in [6.07, 6.45) is 2.47. The van der Waals surface area contributed by atoms with E-state index in [1.54, 1.807) is 0 Å². The first-order chi connectivity index (χ1) is 9.99. The van der Waals surface area contributed by atoms with E-state index in [1.807, 2.05) is 0 Å². The van der Waals surface area contributed by atoms with Crippen molar-refractivity contribution in [3.63, 3.8) is 0 Å². The van der Waals surface area contributed by atoms with E-state index in [1.165, 1.54) is 36.7 Å². The third-order valence-corrected chi connectivity index (χ3v) is 2.56. The number of anilines is 1. The number of carboxylic acids is 1. The number of carboxylic acid groups (broad SMARTS) is 1. The molecule has 0 aliphatic heterocycles. The van der Waals surface area contributed by atoms with E-state index in [0.29, 0.717) is 0 Å². The fourth-order valence-corrected chi connectivity index (χ4v) is 1.55. The summed E-state index contributed by atoms with van der Waals surface area (Å²) in [5.74, 6) is -2.64. The van der Waals surface area contributed by atoms with Crippen molar-refractivity contribution >= 4 is 23.6 Å². The molecule has 1 aromatic heterocycles. The Morgan fingerprint density at radius 3 is 2.14 bits per heavy atom. The minimum atomic E-state index is -1.30. The van der Waals surface area contributed by atoms with Crippen LogP contribution in [-0.2, 0) is 0 Å². The number of rotatable bonds is 4. The molecule has 8 heteroatoms. The summed E-state index contributed by atoms with van der Waals surface area (Å²) in [4.78, 5) is 41.3. The van der Waals surface area contributed by atoms with Gasteiger partial charge in [-0.25, -0.2) is 14.8 Å². The highest BCUT2D eigenvalue weighted by molar-refractivity contribution is 6.06. The third-order valence-electron chi connectivity index (χ3n) is 2.56. The van der Waals surface area contributed by atoms with Gasteiger partial charge in [-0.05, 0) is 24.3 Å². The molecule has 0 radical (unpaired) electrons. The van der Waals surface area contributed by atoms with Crippen molar-refractivity contribution in [2.45, 2.75) is 0 Å². The van der Waals surface area contributed by atoms with Gasteiger partial charge in [0.2, 0.25) is 5.91 Å². The zero-order valence-corrected chi connectivity index (χ0v) is 10.6. The van der Waals surface area contributed by atoms with Gasteiger partial charge in [0.25, 0.3) is 5.91 Å². The molecule has 0 spiro atoms. The van der Waals surface area contributed by atoms with E-state index in [0.717, 1.165) is 0 Å². The third kappa shape index (κ3) is 3.18. The molecule has 0 unspecified atom stereocenters. The van der Waals surface area contributed by atoms with Crippen LogP contribution in [0.2, 0.25) is 0 Å². The van der Waals surface area contributed by atoms with Crippen LogP contribution in [0.4, 0.5) is 5.82 Å². The second-order valence-corrected chi connectivity index (χ2v) is 3.95. The van der Waals surface area contributed by atoms with E-state index in [-0.39, 0.29) is 22.6 Å². The number of primary amides is 1. The number of carbonyl (C=O) groups excluding carboxylic acids is 2. The van der Waals surface area contributed by atoms with Crippen molar-refractivity contribution in [1.29, 1.82) is 0 Å². The van der Waals surface area contributed by atoms with E-state index in [2.05, 4.69) is 15.3 Å². The lowest BCUT2D eigenvalue weighted by atomic mass is 10.1. The van der Waals surface area contributed by atoms with Gasteiger partial charge in [0.05, 0.1) is 0 Å². The van der Waals surface area contributed by atoms with Crippen molar-refractivity contribution in [3.8, 4) is 0 Å². The molecule has 0 saturated heterocycles. The zero-order valence-electron chi connectivity index (χ0n) is 10.6. The van der Waals surface area contributed by atoms with Gasteiger partial charge in [-0.1, -0.05) is 0 Å². The van der Waals surface area contributed by atoms with Crippen molar-refractivity contribution < 1.29 is 19.5 Å². The number of benzene rings is 1. The van der Waals surface area contributed by atoms with Crippen LogP contribution in [-0.4, -0.2) is 32.9 Å². The molecule has 2 aromatic rings. The first-order valence-corrected chi connectivity index (χ1v) is 5.74. The van der Waals surface area contributed by atoms with Crippen LogP contribution in [0, 0.1) is 0 Å². The molecular weight excluding hydrogens is 276 g/mol. The summed E-state index contributed by atoms with van der Waals surface area (Å²) in [6.45, 7) is 0. The van der Waals surface area contributed by atoms with Crippen LogP contribution in [0.3, 0.4) is 0 Å². The van der Waals surface area contributed by atoms with Gasteiger partial charge in [-0.3, -0.25) is 9.59 Å². The summed E-state index contributed by atoms with van der Waals surface area (Å²) < 4.78 is 0. The van der Waals surface area contributed by atoms with Gasteiger partial charge in [-0.2, -0.15) is 0 Å². The van der Waals surface area contributed by atoms with Gasteiger partial charge in [0.15, 0.2) is 11.5 Å². The van der Waals surface area contributed by atoms with E-state index in [9.17, 15) is 14.4 Å². The number of hydrogen-bond donors (Lipinski definition) is 3. The SMILES string of the molecule is NC(=O)c1ccc(C(=O)Nc2nccnc2C(=O)O)cc1. The zero-order chi connectivity index (χ0) is 15.4. The van der Waals surface area contributed by atoms with Crippen molar-refractivity contribution in [3.05, 3.63) is 53.5 Å². The molecule has 106 valence electrons. The lowest BCUT2D eigenvalue weighted by molar-refractivity contribution is 0.0691. The predicted molar refractivity (Wildman–Crippen MR) is 71.9 cm³/mol. The summed E-state index contributed by atoms with van der Waals surface area (Å²) in [5, 5.41) is 11.3. The smallest absolute Gasteiger partial charge is 0.358 e. The largest absolute Gasteiger partial charge is 0.476 e. The Morgan fingerprint density at radius 1 is 1.00 bits per heavy atom. The Morgan fingerprint density at radius 2 is 1.57 bits per heavy atom. The second-order valence-electron chi connectivity index (χ2n) is 3.95. The van der Waals surface area contributed by atoms with E-state index < -0.39 is 17.8 Å². The van der Waals surface area contributed by atoms with Gasteiger partial charge in [0.1, 0.15) is 0 Å². The molecule has 1 heterocycles. The fraction of sp³-hybridized carbons (Fsp3) is 0. The first-order valence-electron chi connectivity index (χ1n) is 5.74. The van der Waals surface area contributed by atoms with E-state index >= 15 is 0 Å². The summed E-state index contributed by atoms with van der Waals surface area (Å²) in [6, 6.07) is 5.58. The van der Waals surface area contributed by atoms with Gasteiger partial charge >= 0.3 is 5.97 Å². The predicted octanol–water partition coefficient (Wildman–Crippen LogP) is 0.526. The topological polar surface area (TPSA) is 135 Å². The number of hydrogen-bond acceptors (Lipinski definition) is 5. The Hall–Kier alpha value is -3.29. The van der Waals surface area contributed by atoms with Gasteiger partial charge < -0.3 is 16.2 Å². The first kappa shape index (κ1) is 14.1.